The molecule has 9 nitrogen and oxygen atoms in total. The molecule has 0 spiro atoms. The van der Waals surface area contributed by atoms with Crippen LogP contribution in [0.1, 0.15) is 39.2 Å². The van der Waals surface area contributed by atoms with Crippen LogP contribution in [-0.2, 0) is 9.59 Å². The Bertz CT molecular complexity index is 1200. The zero-order valence-electron chi connectivity index (χ0n) is 23.8. The summed E-state index contributed by atoms with van der Waals surface area (Å²) in [6.07, 6.45) is 6.40. The molecule has 3 N–H and O–H groups in total. The number of rotatable bonds is 13. The van der Waals surface area contributed by atoms with Crippen molar-refractivity contribution in [3.8, 4) is 11.8 Å². The Hall–Kier alpha value is -3.97. The number of benzene rings is 1. The molecule has 1 aromatic carbocycles. The first-order chi connectivity index (χ1) is 18.5. The second-order valence-corrected chi connectivity index (χ2v) is 10.1. The fraction of sp³-hybridized carbons (Fsp3) is 0.448. The summed E-state index contributed by atoms with van der Waals surface area (Å²) in [6, 6.07) is 6.09. The predicted octanol–water partition coefficient (Wildman–Crippen LogP) is 3.64. The van der Waals surface area contributed by atoms with Gasteiger partial charge in [0.2, 0.25) is 17.8 Å². The summed E-state index contributed by atoms with van der Waals surface area (Å²) in [5, 5.41) is 9.16. The van der Waals surface area contributed by atoms with Crippen LogP contribution in [0.25, 0.3) is 0 Å². The molecule has 0 aliphatic carbocycles. The summed E-state index contributed by atoms with van der Waals surface area (Å²) < 4.78 is 13.5. The van der Waals surface area contributed by atoms with Crippen molar-refractivity contribution in [2.24, 2.45) is 5.41 Å². The van der Waals surface area contributed by atoms with E-state index in [2.05, 4.69) is 44.7 Å². The predicted molar refractivity (Wildman–Crippen MR) is 154 cm³/mol. The molecule has 0 aliphatic rings. The molecule has 0 fully saturated rings. The van der Waals surface area contributed by atoms with E-state index < -0.39 is 5.41 Å². The monoisotopic (exact) mass is 537 g/mol. The van der Waals surface area contributed by atoms with E-state index in [9.17, 15) is 14.0 Å². The number of amides is 2. The Morgan fingerprint density at radius 3 is 2.64 bits per heavy atom. The van der Waals surface area contributed by atoms with Gasteiger partial charge in [0, 0.05) is 43.9 Å². The van der Waals surface area contributed by atoms with Gasteiger partial charge in [-0.15, -0.1) is 0 Å². The molecule has 0 saturated carbocycles. The summed E-state index contributed by atoms with van der Waals surface area (Å²) in [5.74, 6) is 6.58. The van der Waals surface area contributed by atoms with Crippen molar-refractivity contribution in [1.29, 1.82) is 0 Å². The molecule has 10 heteroatoms. The Morgan fingerprint density at radius 2 is 1.95 bits per heavy atom. The molecule has 39 heavy (non-hydrogen) atoms. The molecule has 0 saturated heterocycles. The number of halogens is 1. The topological polar surface area (TPSA) is 102 Å². The third-order valence-electron chi connectivity index (χ3n) is 5.51. The van der Waals surface area contributed by atoms with Crippen molar-refractivity contribution in [2.75, 3.05) is 58.0 Å². The first kappa shape index (κ1) is 31.2. The van der Waals surface area contributed by atoms with Gasteiger partial charge < -0.3 is 25.8 Å². The number of aromatic nitrogens is 2. The molecule has 0 atom stereocenters. The normalized spacial score (nSPS) is 11.2. The van der Waals surface area contributed by atoms with Gasteiger partial charge in [-0.05, 0) is 59.0 Å². The number of nitrogens with zero attached hydrogens (tertiary/aromatic N) is 4. The van der Waals surface area contributed by atoms with E-state index in [1.54, 1.807) is 31.5 Å². The lowest BCUT2D eigenvalue weighted by Crippen LogP contribution is -2.38. The molecule has 2 rings (SSSR count). The van der Waals surface area contributed by atoms with E-state index >= 15 is 0 Å². The quantitative estimate of drug-likeness (QED) is 0.265. The number of anilines is 3. The lowest BCUT2D eigenvalue weighted by Gasteiger charge is -2.19. The van der Waals surface area contributed by atoms with E-state index in [1.807, 2.05) is 32.8 Å². The first-order valence-electron chi connectivity index (χ1n) is 13.0. The van der Waals surface area contributed by atoms with Crippen molar-refractivity contribution in [3.63, 3.8) is 0 Å². The smallest absolute Gasteiger partial charge is 0.246 e. The van der Waals surface area contributed by atoms with Gasteiger partial charge >= 0.3 is 0 Å². The molecule has 0 radical (unpaired) electrons. The average Bonchev–Trinajstić information content (AvgIpc) is 2.86. The Morgan fingerprint density at radius 1 is 1.18 bits per heavy atom. The fourth-order valence-corrected chi connectivity index (χ4v) is 3.26. The van der Waals surface area contributed by atoms with E-state index in [-0.39, 0.29) is 24.2 Å². The van der Waals surface area contributed by atoms with Crippen LogP contribution >= 0.6 is 0 Å². The summed E-state index contributed by atoms with van der Waals surface area (Å²) in [5.41, 5.74) is 0.798. The third-order valence-corrected chi connectivity index (χ3v) is 5.51. The minimum absolute atomic E-state index is 0.0168. The molecular formula is C29H40FN7O2. The highest BCUT2D eigenvalue weighted by Gasteiger charge is 2.16. The molecular weight excluding hydrogens is 497 g/mol. The van der Waals surface area contributed by atoms with Crippen LogP contribution in [0.3, 0.4) is 0 Å². The van der Waals surface area contributed by atoms with Crippen LogP contribution < -0.4 is 16.0 Å². The summed E-state index contributed by atoms with van der Waals surface area (Å²) in [7, 11) is 5.43. The summed E-state index contributed by atoms with van der Waals surface area (Å²) in [4.78, 5) is 36.6. The van der Waals surface area contributed by atoms with Gasteiger partial charge in [-0.3, -0.25) is 9.59 Å². The maximum atomic E-state index is 13.5. The van der Waals surface area contributed by atoms with Crippen LogP contribution in [-0.4, -0.2) is 78.9 Å². The van der Waals surface area contributed by atoms with Crippen LogP contribution in [0, 0.1) is 23.1 Å². The van der Waals surface area contributed by atoms with Crippen molar-refractivity contribution < 1.29 is 14.0 Å². The number of carbonyl (C=O) groups excluding carboxylic acids is 2. The highest BCUT2D eigenvalue weighted by atomic mass is 19.1. The molecule has 1 heterocycles. The second-order valence-electron chi connectivity index (χ2n) is 10.1. The molecule has 210 valence electrons. The van der Waals surface area contributed by atoms with Crippen molar-refractivity contribution in [3.05, 3.63) is 54.0 Å². The van der Waals surface area contributed by atoms with Gasteiger partial charge in [0.15, 0.2) is 0 Å². The molecule has 2 amide bonds. The Balaban J connectivity index is 1.97. The Kier molecular flexibility index (Phi) is 12.4. The number of hydrogen-bond acceptors (Lipinski definition) is 7. The zero-order valence-corrected chi connectivity index (χ0v) is 23.8. The average molecular weight is 538 g/mol. The third kappa shape index (κ3) is 12.0. The molecule has 0 bridgehead atoms. The van der Waals surface area contributed by atoms with E-state index in [0.29, 0.717) is 49.1 Å². The standard InChI is InChI=1S/C29H40FN7O2/c1-7-16-32-27-22(20-33-28(35-27)34-24-11-8-10-23(30)19-24)13-14-29(2,3)15-17-31-25(38)21-37(6)26(39)12-9-18-36(4)5/h8-12,19-20H,7,15-18,21H2,1-6H3,(H,31,38)(H2,32,33,34,35)/b12-9+. The van der Waals surface area contributed by atoms with Gasteiger partial charge in [-0.2, -0.15) is 4.98 Å². The maximum absolute atomic E-state index is 13.5. The number of nitrogens with one attached hydrogen (secondary N) is 3. The Labute approximate surface area is 231 Å². The van der Waals surface area contributed by atoms with Gasteiger partial charge in [0.1, 0.15) is 11.6 Å². The molecule has 0 aliphatic heterocycles. The van der Waals surface area contributed by atoms with Crippen molar-refractivity contribution >= 4 is 29.3 Å². The minimum Gasteiger partial charge on any atom is -0.369 e. The van der Waals surface area contributed by atoms with Gasteiger partial charge in [0.05, 0.1) is 18.3 Å². The largest absolute Gasteiger partial charge is 0.369 e. The summed E-state index contributed by atoms with van der Waals surface area (Å²) in [6.45, 7) is 7.82. The minimum atomic E-state index is -0.398. The van der Waals surface area contributed by atoms with Crippen molar-refractivity contribution in [2.45, 2.75) is 33.6 Å². The molecule has 1 aromatic heterocycles. The lowest BCUT2D eigenvalue weighted by molar-refractivity contribution is -0.131. The van der Waals surface area contributed by atoms with E-state index in [0.717, 1.165) is 6.42 Å². The second kappa shape index (κ2) is 15.4. The van der Waals surface area contributed by atoms with Gasteiger partial charge in [0.25, 0.3) is 0 Å². The maximum Gasteiger partial charge on any atom is 0.246 e. The van der Waals surface area contributed by atoms with E-state index in [4.69, 9.17) is 0 Å². The van der Waals surface area contributed by atoms with Crippen LogP contribution in [0.4, 0.5) is 21.8 Å². The lowest BCUT2D eigenvalue weighted by atomic mass is 9.90. The van der Waals surface area contributed by atoms with Crippen molar-refractivity contribution in [1.82, 2.24) is 25.1 Å². The van der Waals surface area contributed by atoms with Gasteiger partial charge in [-0.25, -0.2) is 9.37 Å². The highest BCUT2D eigenvalue weighted by molar-refractivity contribution is 5.91. The fourth-order valence-electron chi connectivity index (χ4n) is 3.26. The zero-order chi connectivity index (χ0) is 28.8. The van der Waals surface area contributed by atoms with Crippen LogP contribution in [0.15, 0.2) is 42.6 Å². The molecule has 2 aromatic rings. The van der Waals surface area contributed by atoms with Crippen LogP contribution in [0.5, 0.6) is 0 Å². The summed E-state index contributed by atoms with van der Waals surface area (Å²) >= 11 is 0. The van der Waals surface area contributed by atoms with E-state index in [1.165, 1.54) is 23.1 Å². The number of carbonyl (C=O) groups is 2. The number of likely N-dealkylation sites (N-methyl/N-ethyl adjacent to an activating group) is 2. The van der Waals surface area contributed by atoms with Crippen LogP contribution in [0.2, 0.25) is 0 Å². The molecule has 0 unspecified atom stereocenters. The van der Waals surface area contributed by atoms with Gasteiger partial charge in [-0.1, -0.05) is 30.9 Å². The SMILES string of the molecule is CCCNc1nc(Nc2cccc(F)c2)ncc1C#CC(C)(C)CCNC(=O)CN(C)C(=O)/C=C/CN(C)C. The first-order valence-corrected chi connectivity index (χ1v) is 13.0. The number of hydrogen-bond donors (Lipinski definition) is 3. The highest BCUT2D eigenvalue weighted by Crippen LogP contribution is 2.21.